The van der Waals surface area contributed by atoms with Crippen molar-refractivity contribution in [3.8, 4) is 11.5 Å². The molecule has 0 aliphatic carbocycles. The minimum Gasteiger partial charge on any atom is -0.496 e. The second kappa shape index (κ2) is 10.3. The van der Waals surface area contributed by atoms with Crippen LogP contribution in [0.3, 0.4) is 0 Å². The molecule has 31 heavy (non-hydrogen) atoms. The Balaban J connectivity index is 2.05. The molecule has 7 nitrogen and oxygen atoms in total. The predicted molar refractivity (Wildman–Crippen MR) is 119 cm³/mol. The van der Waals surface area contributed by atoms with Crippen molar-refractivity contribution in [1.29, 1.82) is 0 Å². The van der Waals surface area contributed by atoms with Crippen molar-refractivity contribution in [2.45, 2.75) is 13.3 Å². The minimum absolute atomic E-state index is 0.145. The maximum Gasteiger partial charge on any atom is 0.278 e. The Labute approximate surface area is 186 Å². The van der Waals surface area contributed by atoms with Gasteiger partial charge in [-0.1, -0.05) is 29.8 Å². The summed E-state index contributed by atoms with van der Waals surface area (Å²) in [4.78, 5) is 27.8. The highest BCUT2D eigenvalue weighted by Gasteiger charge is 2.40. The van der Waals surface area contributed by atoms with E-state index in [1.54, 1.807) is 42.5 Å². The number of benzene rings is 2. The van der Waals surface area contributed by atoms with Crippen LogP contribution >= 0.6 is 11.6 Å². The van der Waals surface area contributed by atoms with Crippen LogP contribution in [0.15, 0.2) is 48.2 Å². The Morgan fingerprint density at radius 3 is 2.45 bits per heavy atom. The molecule has 0 atom stereocenters. The summed E-state index contributed by atoms with van der Waals surface area (Å²) in [5, 5.41) is 3.55. The van der Waals surface area contributed by atoms with Crippen molar-refractivity contribution in [3.05, 3.63) is 58.7 Å². The van der Waals surface area contributed by atoms with Gasteiger partial charge in [-0.3, -0.25) is 14.5 Å². The van der Waals surface area contributed by atoms with Crippen LogP contribution in [0.5, 0.6) is 11.5 Å². The first-order chi connectivity index (χ1) is 15.0. The summed E-state index contributed by atoms with van der Waals surface area (Å²) in [6.07, 6.45) is 0.540. The zero-order valence-electron chi connectivity index (χ0n) is 17.7. The number of hydrogen-bond acceptors (Lipinski definition) is 6. The van der Waals surface area contributed by atoms with E-state index in [4.69, 9.17) is 25.8 Å². The Kier molecular flexibility index (Phi) is 7.55. The normalized spacial score (nSPS) is 13.7. The summed E-state index contributed by atoms with van der Waals surface area (Å²) in [5.41, 5.74) is 1.39. The van der Waals surface area contributed by atoms with Crippen LogP contribution in [0.4, 0.5) is 5.69 Å². The van der Waals surface area contributed by atoms with E-state index in [2.05, 4.69) is 5.32 Å². The van der Waals surface area contributed by atoms with Crippen LogP contribution in [0, 0.1) is 0 Å². The van der Waals surface area contributed by atoms with Crippen molar-refractivity contribution in [2.24, 2.45) is 0 Å². The lowest BCUT2D eigenvalue weighted by atomic mass is 10.0. The Hall–Kier alpha value is -3.03. The van der Waals surface area contributed by atoms with Crippen LogP contribution in [0.2, 0.25) is 5.02 Å². The molecule has 164 valence electrons. The molecule has 0 bridgehead atoms. The van der Waals surface area contributed by atoms with E-state index in [-0.39, 0.29) is 17.8 Å². The van der Waals surface area contributed by atoms with Crippen molar-refractivity contribution >= 4 is 34.7 Å². The van der Waals surface area contributed by atoms with Gasteiger partial charge in [-0.05, 0) is 37.6 Å². The highest BCUT2D eigenvalue weighted by molar-refractivity contribution is 6.37. The first-order valence-electron chi connectivity index (χ1n) is 9.94. The number of nitrogens with one attached hydrogen (secondary N) is 1. The smallest absolute Gasteiger partial charge is 0.278 e. The molecule has 0 saturated carbocycles. The number of methoxy groups -OCH3 is 2. The molecule has 0 saturated heterocycles. The van der Waals surface area contributed by atoms with Crippen molar-refractivity contribution in [1.82, 2.24) is 4.90 Å². The quantitative estimate of drug-likeness (QED) is 0.441. The predicted octanol–water partition coefficient (Wildman–Crippen LogP) is 3.98. The fourth-order valence-corrected chi connectivity index (χ4v) is 3.55. The zero-order valence-corrected chi connectivity index (χ0v) is 18.5. The van der Waals surface area contributed by atoms with Crippen LogP contribution < -0.4 is 14.8 Å². The SMILES string of the molecule is CCOCCCN1C(=O)C(Nc2cc(Cl)ccc2OC)=C(c2ccccc2OC)C1=O. The number of carbonyl (C=O) groups excluding carboxylic acids is 2. The number of carbonyl (C=O) groups is 2. The van der Waals surface area contributed by atoms with Gasteiger partial charge in [0.2, 0.25) is 0 Å². The molecule has 2 amide bonds. The Bertz CT molecular complexity index is 1010. The lowest BCUT2D eigenvalue weighted by Gasteiger charge is -2.16. The van der Waals surface area contributed by atoms with Crippen molar-refractivity contribution in [3.63, 3.8) is 0 Å². The number of nitrogens with zero attached hydrogens (tertiary/aromatic N) is 1. The van der Waals surface area contributed by atoms with Gasteiger partial charge < -0.3 is 19.5 Å². The molecule has 0 unspecified atom stereocenters. The molecule has 1 aliphatic rings. The van der Waals surface area contributed by atoms with E-state index in [0.29, 0.717) is 47.4 Å². The van der Waals surface area contributed by atoms with Gasteiger partial charge in [-0.2, -0.15) is 0 Å². The van der Waals surface area contributed by atoms with Crippen LogP contribution in [-0.2, 0) is 14.3 Å². The van der Waals surface area contributed by atoms with Gasteiger partial charge in [-0.25, -0.2) is 0 Å². The van der Waals surface area contributed by atoms with Crippen LogP contribution in [0.25, 0.3) is 5.57 Å². The highest BCUT2D eigenvalue weighted by Crippen LogP contribution is 2.37. The summed E-state index contributed by atoms with van der Waals surface area (Å²) < 4.78 is 16.2. The van der Waals surface area contributed by atoms with Gasteiger partial charge in [0.05, 0.1) is 25.5 Å². The van der Waals surface area contributed by atoms with Gasteiger partial charge in [0.1, 0.15) is 17.2 Å². The van der Waals surface area contributed by atoms with E-state index in [1.165, 1.54) is 19.1 Å². The lowest BCUT2D eigenvalue weighted by Crippen LogP contribution is -2.34. The molecule has 0 spiro atoms. The van der Waals surface area contributed by atoms with Gasteiger partial charge in [0.15, 0.2) is 0 Å². The standard InChI is InChI=1S/C23H25ClN2O5/c1-4-31-13-7-12-26-22(27)20(16-8-5-6-9-18(16)29-2)21(23(26)28)25-17-14-15(24)10-11-19(17)30-3/h5-6,8-11,14,25H,4,7,12-13H2,1-3H3. The molecule has 2 aromatic rings. The molecule has 3 rings (SSSR count). The number of ether oxygens (including phenoxy) is 3. The van der Waals surface area contributed by atoms with E-state index in [0.717, 1.165) is 0 Å². The zero-order chi connectivity index (χ0) is 22.4. The molecule has 0 fully saturated rings. The summed E-state index contributed by atoms with van der Waals surface area (Å²) in [6, 6.07) is 12.1. The summed E-state index contributed by atoms with van der Waals surface area (Å²) in [5.74, 6) is 0.164. The first-order valence-corrected chi connectivity index (χ1v) is 10.3. The van der Waals surface area contributed by atoms with Gasteiger partial charge in [0, 0.05) is 30.3 Å². The number of para-hydroxylation sites is 1. The summed E-state index contributed by atoms with van der Waals surface area (Å²) in [7, 11) is 3.04. The number of imide groups is 1. The van der Waals surface area contributed by atoms with E-state index in [9.17, 15) is 9.59 Å². The molecule has 0 radical (unpaired) electrons. The number of amides is 2. The van der Waals surface area contributed by atoms with Crippen LogP contribution in [0.1, 0.15) is 18.9 Å². The maximum absolute atomic E-state index is 13.3. The third kappa shape index (κ3) is 4.84. The summed E-state index contributed by atoms with van der Waals surface area (Å²) in [6.45, 7) is 3.18. The van der Waals surface area contributed by atoms with Gasteiger partial charge >= 0.3 is 0 Å². The Morgan fingerprint density at radius 2 is 1.74 bits per heavy atom. The van der Waals surface area contributed by atoms with Crippen LogP contribution in [-0.4, -0.2) is 50.7 Å². The molecular formula is C23H25ClN2O5. The average Bonchev–Trinajstić information content (AvgIpc) is 3.00. The maximum atomic E-state index is 13.3. The highest BCUT2D eigenvalue weighted by atomic mass is 35.5. The minimum atomic E-state index is -0.426. The van der Waals surface area contributed by atoms with E-state index in [1.807, 2.05) is 6.92 Å². The van der Waals surface area contributed by atoms with E-state index < -0.39 is 11.8 Å². The second-order valence-electron chi connectivity index (χ2n) is 6.73. The number of hydrogen-bond donors (Lipinski definition) is 1. The second-order valence-corrected chi connectivity index (χ2v) is 7.17. The molecule has 8 heteroatoms. The third-order valence-electron chi connectivity index (χ3n) is 4.84. The van der Waals surface area contributed by atoms with Crippen molar-refractivity contribution < 1.29 is 23.8 Å². The number of halogens is 1. The number of anilines is 1. The topological polar surface area (TPSA) is 77.1 Å². The fraction of sp³-hybridized carbons (Fsp3) is 0.304. The fourth-order valence-electron chi connectivity index (χ4n) is 3.38. The molecule has 1 aliphatic heterocycles. The third-order valence-corrected chi connectivity index (χ3v) is 5.08. The monoisotopic (exact) mass is 444 g/mol. The number of rotatable bonds is 10. The summed E-state index contributed by atoms with van der Waals surface area (Å²) >= 11 is 6.14. The largest absolute Gasteiger partial charge is 0.496 e. The molecular weight excluding hydrogens is 420 g/mol. The first kappa shape index (κ1) is 22.7. The molecule has 2 aromatic carbocycles. The molecule has 1 N–H and O–H groups in total. The van der Waals surface area contributed by atoms with E-state index >= 15 is 0 Å². The Morgan fingerprint density at radius 1 is 1.00 bits per heavy atom. The molecule has 0 aromatic heterocycles. The van der Waals surface area contributed by atoms with Gasteiger partial charge in [0.25, 0.3) is 11.8 Å². The average molecular weight is 445 g/mol. The van der Waals surface area contributed by atoms with Gasteiger partial charge in [-0.15, -0.1) is 0 Å². The molecule has 1 heterocycles. The lowest BCUT2D eigenvalue weighted by molar-refractivity contribution is -0.137. The van der Waals surface area contributed by atoms with Crippen molar-refractivity contribution in [2.75, 3.05) is 39.3 Å².